The first kappa shape index (κ1) is 24.0. The highest BCUT2D eigenvalue weighted by Crippen LogP contribution is 2.35. The number of carbonyl (C=O) groups excluding carboxylic acids is 2. The van der Waals surface area contributed by atoms with Gasteiger partial charge in [-0.15, -0.1) is 11.6 Å². The molecule has 0 radical (unpaired) electrons. The third-order valence-electron chi connectivity index (χ3n) is 5.36. The SMILES string of the molecule is CC(C)CCN(C(=O)CCl)c1cc(C(=O)N2Cc3cccc(F)c3C2)cc(C(F)(F)F)c1. The summed E-state index contributed by atoms with van der Waals surface area (Å²) >= 11 is 5.69. The molecule has 0 aliphatic carbocycles. The van der Waals surface area contributed by atoms with Gasteiger partial charge in [-0.3, -0.25) is 9.59 Å². The van der Waals surface area contributed by atoms with E-state index in [0.29, 0.717) is 17.5 Å². The van der Waals surface area contributed by atoms with Gasteiger partial charge in [0.05, 0.1) is 5.56 Å². The van der Waals surface area contributed by atoms with Crippen molar-refractivity contribution in [2.75, 3.05) is 17.3 Å². The van der Waals surface area contributed by atoms with Crippen LogP contribution in [0.4, 0.5) is 23.2 Å². The van der Waals surface area contributed by atoms with Crippen molar-refractivity contribution < 1.29 is 27.2 Å². The Kier molecular flexibility index (Phi) is 7.12. The van der Waals surface area contributed by atoms with E-state index in [1.807, 2.05) is 13.8 Å². The van der Waals surface area contributed by atoms with Crippen molar-refractivity contribution in [1.29, 1.82) is 0 Å². The normalized spacial score (nSPS) is 13.4. The Hall–Kier alpha value is -2.61. The highest BCUT2D eigenvalue weighted by atomic mass is 35.5. The van der Waals surface area contributed by atoms with E-state index in [1.165, 1.54) is 28.0 Å². The predicted octanol–water partition coefficient (Wildman–Crippen LogP) is 5.62. The number of anilines is 1. The molecule has 1 heterocycles. The van der Waals surface area contributed by atoms with E-state index in [4.69, 9.17) is 11.6 Å². The summed E-state index contributed by atoms with van der Waals surface area (Å²) < 4.78 is 54.9. The zero-order valence-electron chi connectivity index (χ0n) is 17.7. The molecule has 172 valence electrons. The van der Waals surface area contributed by atoms with Gasteiger partial charge in [-0.2, -0.15) is 13.2 Å². The summed E-state index contributed by atoms with van der Waals surface area (Å²) in [6, 6.07) is 7.35. The van der Waals surface area contributed by atoms with Crippen molar-refractivity contribution in [2.24, 2.45) is 5.92 Å². The molecule has 4 nitrogen and oxygen atoms in total. The van der Waals surface area contributed by atoms with Crippen LogP contribution in [0.3, 0.4) is 0 Å². The maximum atomic E-state index is 14.1. The average molecular weight is 471 g/mol. The number of hydrogen-bond acceptors (Lipinski definition) is 2. The molecule has 0 aromatic heterocycles. The summed E-state index contributed by atoms with van der Waals surface area (Å²) in [4.78, 5) is 27.9. The molecule has 0 saturated carbocycles. The van der Waals surface area contributed by atoms with Gasteiger partial charge in [-0.25, -0.2) is 4.39 Å². The summed E-state index contributed by atoms with van der Waals surface area (Å²) in [5.74, 6) is -1.89. The van der Waals surface area contributed by atoms with E-state index in [1.54, 1.807) is 6.07 Å². The number of fused-ring (bicyclic) bond motifs is 1. The summed E-state index contributed by atoms with van der Waals surface area (Å²) in [7, 11) is 0. The highest BCUT2D eigenvalue weighted by Gasteiger charge is 2.34. The van der Waals surface area contributed by atoms with Gasteiger partial charge in [0.1, 0.15) is 11.7 Å². The Morgan fingerprint density at radius 2 is 1.88 bits per heavy atom. The first-order valence-electron chi connectivity index (χ1n) is 10.2. The van der Waals surface area contributed by atoms with E-state index < -0.39 is 35.3 Å². The van der Waals surface area contributed by atoms with Gasteiger partial charge >= 0.3 is 6.18 Å². The number of carbonyl (C=O) groups is 2. The second kappa shape index (κ2) is 9.48. The Labute approximate surface area is 188 Å². The average Bonchev–Trinajstić information content (AvgIpc) is 3.18. The standard InChI is InChI=1S/C23H23ClF4N2O2/c1-14(2)6-7-30(21(31)11-24)18-9-16(8-17(10-18)23(26,27)28)22(32)29-12-15-4-3-5-20(25)19(15)13-29/h3-5,8-10,14H,6-7,11-13H2,1-2H3. The molecule has 2 aromatic rings. The maximum absolute atomic E-state index is 14.1. The van der Waals surface area contributed by atoms with Gasteiger partial charge in [-0.1, -0.05) is 26.0 Å². The summed E-state index contributed by atoms with van der Waals surface area (Å²) in [6.45, 7) is 4.07. The van der Waals surface area contributed by atoms with Crippen molar-refractivity contribution in [1.82, 2.24) is 4.90 Å². The summed E-state index contributed by atoms with van der Waals surface area (Å²) in [5, 5.41) is 0. The van der Waals surface area contributed by atoms with Crippen molar-refractivity contribution in [3.63, 3.8) is 0 Å². The minimum absolute atomic E-state index is 0.0376. The van der Waals surface area contributed by atoms with Crippen LogP contribution in [0.5, 0.6) is 0 Å². The van der Waals surface area contributed by atoms with Crippen molar-refractivity contribution in [2.45, 2.75) is 39.5 Å². The fraction of sp³-hybridized carbons (Fsp3) is 0.391. The zero-order chi connectivity index (χ0) is 23.6. The van der Waals surface area contributed by atoms with Crippen molar-refractivity contribution >= 4 is 29.1 Å². The van der Waals surface area contributed by atoms with Crippen LogP contribution in [0.1, 0.15) is 47.3 Å². The molecule has 0 bridgehead atoms. The Balaban J connectivity index is 1.99. The number of amides is 2. The second-order valence-electron chi connectivity index (χ2n) is 8.17. The minimum Gasteiger partial charge on any atom is -0.330 e. The lowest BCUT2D eigenvalue weighted by Gasteiger charge is -2.25. The molecule has 3 rings (SSSR count). The first-order valence-corrected chi connectivity index (χ1v) is 10.7. The third-order valence-corrected chi connectivity index (χ3v) is 5.59. The number of halogens is 5. The molecular formula is C23H23ClF4N2O2. The molecule has 2 aromatic carbocycles. The van der Waals surface area contributed by atoms with Crippen LogP contribution < -0.4 is 4.90 Å². The zero-order valence-corrected chi connectivity index (χ0v) is 18.4. The number of benzene rings is 2. The van der Waals surface area contributed by atoms with Gasteiger partial charge in [0.15, 0.2) is 0 Å². The number of nitrogens with zero attached hydrogens (tertiary/aromatic N) is 2. The lowest BCUT2D eigenvalue weighted by molar-refractivity contribution is -0.137. The lowest BCUT2D eigenvalue weighted by atomic mass is 10.1. The molecule has 0 spiro atoms. The molecule has 9 heteroatoms. The van der Waals surface area contributed by atoms with E-state index in [0.717, 1.165) is 12.1 Å². The van der Waals surface area contributed by atoms with Gasteiger partial charge in [0, 0.05) is 36.4 Å². The fourth-order valence-electron chi connectivity index (χ4n) is 3.62. The maximum Gasteiger partial charge on any atom is 0.416 e. The Morgan fingerprint density at radius 3 is 2.47 bits per heavy atom. The predicted molar refractivity (Wildman–Crippen MR) is 114 cm³/mol. The molecule has 32 heavy (non-hydrogen) atoms. The smallest absolute Gasteiger partial charge is 0.330 e. The molecule has 1 aliphatic rings. The van der Waals surface area contributed by atoms with E-state index >= 15 is 0 Å². The second-order valence-corrected chi connectivity index (χ2v) is 8.43. The van der Waals surface area contributed by atoms with Crippen LogP contribution in [0.15, 0.2) is 36.4 Å². The van der Waals surface area contributed by atoms with Gasteiger partial charge in [-0.05, 0) is 42.2 Å². The van der Waals surface area contributed by atoms with Gasteiger partial charge < -0.3 is 9.80 Å². The highest BCUT2D eigenvalue weighted by molar-refractivity contribution is 6.29. The third kappa shape index (κ3) is 5.23. The van der Waals surface area contributed by atoms with Crippen molar-refractivity contribution in [3.8, 4) is 0 Å². The molecule has 0 saturated heterocycles. The first-order chi connectivity index (χ1) is 15.0. The fourth-order valence-corrected chi connectivity index (χ4v) is 3.76. The monoisotopic (exact) mass is 470 g/mol. The number of alkyl halides is 4. The lowest BCUT2D eigenvalue weighted by Crippen LogP contribution is -2.34. The topological polar surface area (TPSA) is 40.6 Å². The molecule has 0 unspecified atom stereocenters. The minimum atomic E-state index is -4.72. The molecule has 1 aliphatic heterocycles. The summed E-state index contributed by atoms with van der Waals surface area (Å²) in [5.41, 5.74) is -0.346. The largest absolute Gasteiger partial charge is 0.416 e. The van der Waals surface area contributed by atoms with Gasteiger partial charge in [0.2, 0.25) is 5.91 Å². The van der Waals surface area contributed by atoms with Crippen LogP contribution in [-0.2, 0) is 24.1 Å². The Bertz CT molecular complexity index is 1020. The van der Waals surface area contributed by atoms with Crippen LogP contribution in [0, 0.1) is 11.7 Å². The number of rotatable bonds is 6. The van der Waals surface area contributed by atoms with Crippen LogP contribution in [-0.4, -0.2) is 29.1 Å². The van der Waals surface area contributed by atoms with E-state index in [9.17, 15) is 27.2 Å². The van der Waals surface area contributed by atoms with E-state index in [-0.39, 0.29) is 36.8 Å². The van der Waals surface area contributed by atoms with E-state index in [2.05, 4.69) is 0 Å². The molecule has 0 N–H and O–H groups in total. The van der Waals surface area contributed by atoms with Crippen LogP contribution in [0.25, 0.3) is 0 Å². The molecular weight excluding hydrogens is 448 g/mol. The molecule has 2 amide bonds. The number of hydrogen-bond donors (Lipinski definition) is 0. The van der Waals surface area contributed by atoms with Crippen LogP contribution >= 0.6 is 11.6 Å². The van der Waals surface area contributed by atoms with Crippen LogP contribution in [0.2, 0.25) is 0 Å². The van der Waals surface area contributed by atoms with Crippen molar-refractivity contribution in [3.05, 3.63) is 64.5 Å². The summed E-state index contributed by atoms with van der Waals surface area (Å²) in [6.07, 6.45) is -4.18. The molecule has 0 fully saturated rings. The Morgan fingerprint density at radius 1 is 1.16 bits per heavy atom. The quantitative estimate of drug-likeness (QED) is 0.406. The molecule has 0 atom stereocenters. The van der Waals surface area contributed by atoms with Gasteiger partial charge in [0.25, 0.3) is 5.91 Å².